The van der Waals surface area contributed by atoms with Crippen molar-refractivity contribution in [3.8, 4) is 11.5 Å². The topological polar surface area (TPSA) is 128 Å². The van der Waals surface area contributed by atoms with E-state index >= 15 is 0 Å². The molecular formula is C22H21N2O7P. The van der Waals surface area contributed by atoms with E-state index in [1.54, 1.807) is 30.3 Å². The van der Waals surface area contributed by atoms with Crippen molar-refractivity contribution in [1.29, 1.82) is 0 Å². The average molecular weight is 456 g/mol. The highest BCUT2D eigenvalue weighted by molar-refractivity contribution is 7.52. The van der Waals surface area contributed by atoms with Gasteiger partial charge in [0.25, 0.3) is 5.69 Å². The van der Waals surface area contributed by atoms with Crippen molar-refractivity contribution in [2.24, 2.45) is 0 Å². The summed E-state index contributed by atoms with van der Waals surface area (Å²) in [4.78, 5) is 22.1. The Balaban J connectivity index is 1.81. The van der Waals surface area contributed by atoms with Gasteiger partial charge in [-0.15, -0.1) is 0 Å². The molecule has 166 valence electrons. The largest absolute Gasteiger partial charge is 0.513 e. The molecule has 32 heavy (non-hydrogen) atoms. The Bertz CT molecular complexity index is 1090. The first-order valence-corrected chi connectivity index (χ1v) is 11.2. The van der Waals surface area contributed by atoms with Gasteiger partial charge >= 0.3 is 13.7 Å². The molecule has 0 bridgehead atoms. The van der Waals surface area contributed by atoms with Gasteiger partial charge in [-0.3, -0.25) is 14.9 Å². The number of para-hydroxylation sites is 1. The van der Waals surface area contributed by atoms with Gasteiger partial charge in [-0.1, -0.05) is 48.5 Å². The normalized spacial score (nSPS) is 13.5. The first kappa shape index (κ1) is 23.0. The maximum Gasteiger partial charge on any atom is 0.513 e. The van der Waals surface area contributed by atoms with Crippen LogP contribution in [0.2, 0.25) is 0 Å². The molecule has 0 aliphatic heterocycles. The molecule has 2 N–H and O–H groups in total. The Hall–Kier alpha value is -3.68. The molecule has 0 heterocycles. The number of benzene rings is 3. The molecule has 3 aromatic carbocycles. The van der Waals surface area contributed by atoms with Gasteiger partial charge in [0.1, 0.15) is 17.5 Å². The number of aliphatic carboxylic acids is 1. The Morgan fingerprint density at radius 2 is 1.47 bits per heavy atom. The first-order chi connectivity index (χ1) is 15.3. The first-order valence-electron chi connectivity index (χ1n) is 9.68. The van der Waals surface area contributed by atoms with E-state index in [9.17, 15) is 24.6 Å². The summed E-state index contributed by atoms with van der Waals surface area (Å²) in [6.07, 6.45) is 0.554. The van der Waals surface area contributed by atoms with Crippen LogP contribution in [0.4, 0.5) is 5.69 Å². The van der Waals surface area contributed by atoms with Crippen molar-refractivity contribution in [3.63, 3.8) is 0 Å². The summed E-state index contributed by atoms with van der Waals surface area (Å²) >= 11 is 0. The van der Waals surface area contributed by atoms with Crippen molar-refractivity contribution < 1.29 is 28.4 Å². The fourth-order valence-corrected chi connectivity index (χ4v) is 4.41. The molecule has 1 unspecified atom stereocenters. The van der Waals surface area contributed by atoms with E-state index in [0.717, 1.165) is 5.56 Å². The summed E-state index contributed by atoms with van der Waals surface area (Å²) in [5.41, 5.74) is 0.756. The minimum Gasteiger partial charge on any atom is -0.480 e. The number of rotatable bonds is 11. The third kappa shape index (κ3) is 6.66. The molecule has 0 saturated heterocycles. The van der Waals surface area contributed by atoms with E-state index in [0.29, 0.717) is 6.42 Å². The second-order valence-electron chi connectivity index (χ2n) is 6.79. The second kappa shape index (κ2) is 10.6. The van der Waals surface area contributed by atoms with Crippen LogP contribution in [0.3, 0.4) is 0 Å². The maximum atomic E-state index is 13.5. The molecule has 10 heteroatoms. The number of nitrogens with zero attached hydrogens (tertiary/aromatic N) is 1. The number of non-ortho nitro benzene ring substituents is 1. The van der Waals surface area contributed by atoms with Crippen LogP contribution in [0.25, 0.3) is 0 Å². The molecular weight excluding hydrogens is 435 g/mol. The van der Waals surface area contributed by atoms with E-state index in [2.05, 4.69) is 5.09 Å². The number of nitro groups is 1. The van der Waals surface area contributed by atoms with Crippen molar-refractivity contribution in [3.05, 3.63) is 101 Å². The number of hydrogen-bond acceptors (Lipinski definition) is 6. The lowest BCUT2D eigenvalue weighted by Crippen LogP contribution is -2.37. The summed E-state index contributed by atoms with van der Waals surface area (Å²) in [5, 5.41) is 23.0. The standard InChI is InChI=1S/C22H21N2O7P/c25-22(26)21(16-11-17-7-3-1-4-8-17)23-32(29,30-19-9-5-2-6-10-19)31-20-14-12-18(13-15-20)24(27)28/h1-10,12-15,21H,11,16H2,(H,23,29)(H,25,26)/t21-,32?/m1/s1. The van der Waals surface area contributed by atoms with Crippen LogP contribution >= 0.6 is 7.75 Å². The summed E-state index contributed by atoms with van der Waals surface area (Å²) in [6.45, 7) is 0. The van der Waals surface area contributed by atoms with Crippen LogP contribution in [0, 0.1) is 10.1 Å². The Morgan fingerprint density at radius 1 is 0.938 bits per heavy atom. The van der Waals surface area contributed by atoms with Gasteiger partial charge in [0.05, 0.1) is 4.92 Å². The van der Waals surface area contributed by atoms with Gasteiger partial charge in [-0.05, 0) is 42.7 Å². The smallest absolute Gasteiger partial charge is 0.480 e. The van der Waals surface area contributed by atoms with E-state index < -0.39 is 24.7 Å². The number of carboxylic acid groups (broad SMARTS) is 1. The SMILES string of the molecule is O=C(O)[C@@H](CCc1ccccc1)NP(=O)(Oc1ccccc1)Oc1ccc([N+](=O)[O-])cc1. The molecule has 0 fully saturated rings. The van der Waals surface area contributed by atoms with Crippen LogP contribution in [-0.4, -0.2) is 22.0 Å². The Morgan fingerprint density at radius 3 is 2.00 bits per heavy atom. The molecule has 0 amide bonds. The summed E-state index contributed by atoms with van der Waals surface area (Å²) in [6, 6.07) is 21.1. The fourth-order valence-electron chi connectivity index (χ4n) is 2.85. The molecule has 0 spiro atoms. The lowest BCUT2D eigenvalue weighted by atomic mass is 10.1. The van der Waals surface area contributed by atoms with Gasteiger partial charge in [0.2, 0.25) is 0 Å². The van der Waals surface area contributed by atoms with Crippen LogP contribution in [0.5, 0.6) is 11.5 Å². The molecule has 0 aliphatic rings. The molecule has 3 aromatic rings. The van der Waals surface area contributed by atoms with Gasteiger partial charge in [-0.25, -0.2) is 4.57 Å². The zero-order valence-corrected chi connectivity index (χ0v) is 17.8. The van der Waals surface area contributed by atoms with Crippen molar-refractivity contribution in [2.75, 3.05) is 0 Å². The van der Waals surface area contributed by atoms with Crippen molar-refractivity contribution >= 4 is 19.4 Å². The van der Waals surface area contributed by atoms with Gasteiger partial charge in [0.15, 0.2) is 0 Å². The van der Waals surface area contributed by atoms with Crippen molar-refractivity contribution in [1.82, 2.24) is 5.09 Å². The third-order valence-corrected chi connectivity index (χ3v) is 5.95. The van der Waals surface area contributed by atoms with Gasteiger partial charge in [-0.2, -0.15) is 5.09 Å². The summed E-state index contributed by atoms with van der Waals surface area (Å²) in [7, 11) is -4.23. The number of carbonyl (C=O) groups is 1. The summed E-state index contributed by atoms with van der Waals surface area (Å²) < 4.78 is 24.6. The van der Waals surface area contributed by atoms with E-state index in [4.69, 9.17) is 9.05 Å². The predicted octanol–water partition coefficient (Wildman–Crippen LogP) is 4.84. The summed E-state index contributed by atoms with van der Waals surface area (Å²) in [5.74, 6) is -0.989. The predicted molar refractivity (Wildman–Crippen MR) is 118 cm³/mol. The zero-order valence-electron chi connectivity index (χ0n) is 16.9. The lowest BCUT2D eigenvalue weighted by molar-refractivity contribution is -0.384. The van der Waals surface area contributed by atoms with E-state index in [-0.39, 0.29) is 23.6 Å². The highest BCUT2D eigenvalue weighted by Crippen LogP contribution is 2.45. The van der Waals surface area contributed by atoms with Gasteiger partial charge < -0.3 is 14.2 Å². The third-order valence-electron chi connectivity index (χ3n) is 4.42. The minimum absolute atomic E-state index is 0.0227. The Labute approximate surface area is 184 Å². The average Bonchev–Trinajstić information content (AvgIpc) is 2.78. The van der Waals surface area contributed by atoms with E-state index in [1.165, 1.54) is 24.3 Å². The van der Waals surface area contributed by atoms with Gasteiger partial charge in [0, 0.05) is 12.1 Å². The number of nitro benzene ring substituents is 1. The molecule has 0 aliphatic carbocycles. The fraction of sp³-hybridized carbons (Fsp3) is 0.136. The van der Waals surface area contributed by atoms with Crippen LogP contribution in [0.1, 0.15) is 12.0 Å². The number of hydrogen-bond donors (Lipinski definition) is 2. The number of nitrogens with one attached hydrogen (secondary N) is 1. The zero-order chi connectivity index (χ0) is 23.0. The second-order valence-corrected chi connectivity index (χ2v) is 8.41. The maximum absolute atomic E-state index is 13.5. The highest BCUT2D eigenvalue weighted by atomic mass is 31.2. The number of aryl methyl sites for hydroxylation is 1. The molecule has 2 atom stereocenters. The lowest BCUT2D eigenvalue weighted by Gasteiger charge is -2.23. The molecule has 0 aromatic heterocycles. The highest BCUT2D eigenvalue weighted by Gasteiger charge is 2.35. The molecule has 3 rings (SSSR count). The molecule has 0 radical (unpaired) electrons. The van der Waals surface area contributed by atoms with Crippen LogP contribution in [-0.2, 0) is 15.8 Å². The van der Waals surface area contributed by atoms with Crippen LogP contribution < -0.4 is 14.1 Å². The van der Waals surface area contributed by atoms with Crippen LogP contribution in [0.15, 0.2) is 84.9 Å². The Kier molecular flexibility index (Phi) is 7.59. The molecule has 0 saturated carbocycles. The quantitative estimate of drug-likeness (QED) is 0.238. The van der Waals surface area contributed by atoms with E-state index in [1.807, 2.05) is 30.3 Å². The van der Waals surface area contributed by atoms with Crippen molar-refractivity contribution in [2.45, 2.75) is 18.9 Å². The minimum atomic E-state index is -4.23. The molecule has 9 nitrogen and oxygen atoms in total. The monoisotopic (exact) mass is 456 g/mol. The number of carboxylic acids is 1.